The molecule has 2 aromatic rings. The van der Waals surface area contributed by atoms with Crippen molar-refractivity contribution in [2.24, 2.45) is 0 Å². The topological polar surface area (TPSA) is 99.3 Å². The van der Waals surface area contributed by atoms with E-state index in [1.807, 2.05) is 30.3 Å². The molecule has 130 valence electrons. The Morgan fingerprint density at radius 3 is 2.00 bits per heavy atom. The number of hydrogen-bond donors (Lipinski definition) is 4. The molecule has 0 aliphatic rings. The quantitative estimate of drug-likeness (QED) is 0.644. The van der Waals surface area contributed by atoms with Gasteiger partial charge in [-0.15, -0.1) is 0 Å². The molecule has 25 heavy (non-hydrogen) atoms. The number of anilines is 2. The minimum absolute atomic E-state index is 0.107. The molecular formula is C18H20N4O3. The summed E-state index contributed by atoms with van der Waals surface area (Å²) in [6.07, 6.45) is 0.230. The predicted molar refractivity (Wildman–Crippen MR) is 96.3 cm³/mol. The van der Waals surface area contributed by atoms with Crippen molar-refractivity contribution in [2.45, 2.75) is 6.42 Å². The Labute approximate surface area is 145 Å². The Morgan fingerprint density at radius 2 is 1.40 bits per heavy atom. The average Bonchev–Trinajstić information content (AvgIpc) is 2.62. The van der Waals surface area contributed by atoms with Gasteiger partial charge in [0.05, 0.1) is 13.0 Å². The van der Waals surface area contributed by atoms with Crippen LogP contribution in [-0.2, 0) is 16.0 Å². The number of carbonyl (C=O) groups excluding carboxylic acids is 3. The van der Waals surface area contributed by atoms with E-state index in [-0.39, 0.29) is 30.8 Å². The van der Waals surface area contributed by atoms with E-state index in [2.05, 4.69) is 21.3 Å². The van der Waals surface area contributed by atoms with Crippen molar-refractivity contribution in [1.29, 1.82) is 0 Å². The Hall–Kier alpha value is -3.35. The van der Waals surface area contributed by atoms with Gasteiger partial charge in [0, 0.05) is 18.4 Å². The van der Waals surface area contributed by atoms with Crippen molar-refractivity contribution in [1.82, 2.24) is 10.6 Å². The van der Waals surface area contributed by atoms with Gasteiger partial charge in [-0.1, -0.05) is 30.3 Å². The van der Waals surface area contributed by atoms with Crippen LogP contribution in [0.25, 0.3) is 0 Å². The molecular weight excluding hydrogens is 320 g/mol. The maximum absolute atomic E-state index is 11.9. The van der Waals surface area contributed by atoms with Gasteiger partial charge in [-0.2, -0.15) is 0 Å². The molecule has 7 nitrogen and oxygen atoms in total. The number of hydrogen-bond acceptors (Lipinski definition) is 3. The Bertz CT molecular complexity index is 730. The lowest BCUT2D eigenvalue weighted by molar-refractivity contribution is -0.123. The molecule has 4 amide bonds. The lowest BCUT2D eigenvalue weighted by Crippen LogP contribution is -2.33. The van der Waals surface area contributed by atoms with Gasteiger partial charge in [-0.05, 0) is 29.8 Å². The number of nitrogens with one attached hydrogen (secondary N) is 4. The lowest BCUT2D eigenvalue weighted by atomic mass is 10.1. The van der Waals surface area contributed by atoms with Crippen LogP contribution in [0, 0.1) is 0 Å². The monoisotopic (exact) mass is 340 g/mol. The molecule has 0 aliphatic carbocycles. The summed E-state index contributed by atoms with van der Waals surface area (Å²) in [7, 11) is 1.52. The van der Waals surface area contributed by atoms with Crippen LogP contribution in [0.4, 0.5) is 16.2 Å². The molecule has 4 N–H and O–H groups in total. The van der Waals surface area contributed by atoms with Crippen LogP contribution in [0.3, 0.4) is 0 Å². The molecule has 0 fully saturated rings. The highest BCUT2D eigenvalue weighted by molar-refractivity contribution is 5.95. The van der Waals surface area contributed by atoms with E-state index in [1.165, 1.54) is 7.05 Å². The number of rotatable bonds is 6. The van der Waals surface area contributed by atoms with Crippen LogP contribution in [0.5, 0.6) is 0 Å². The summed E-state index contributed by atoms with van der Waals surface area (Å²) >= 11 is 0. The number of urea groups is 1. The SMILES string of the molecule is CNC(=O)Nc1ccc(NC(=O)CNC(=O)Cc2ccccc2)cc1. The summed E-state index contributed by atoms with van der Waals surface area (Å²) in [5.74, 6) is -0.542. The fourth-order valence-electron chi connectivity index (χ4n) is 2.06. The molecule has 0 aromatic heterocycles. The van der Waals surface area contributed by atoms with Crippen LogP contribution < -0.4 is 21.3 Å². The van der Waals surface area contributed by atoms with Crippen molar-refractivity contribution in [3.05, 3.63) is 60.2 Å². The maximum atomic E-state index is 11.9. The van der Waals surface area contributed by atoms with Crippen LogP contribution in [0.1, 0.15) is 5.56 Å². The van der Waals surface area contributed by atoms with E-state index in [0.717, 1.165) is 5.56 Å². The largest absolute Gasteiger partial charge is 0.347 e. The number of amides is 4. The molecule has 0 saturated heterocycles. The zero-order chi connectivity index (χ0) is 18.1. The van der Waals surface area contributed by atoms with Crippen molar-refractivity contribution < 1.29 is 14.4 Å². The third kappa shape index (κ3) is 6.34. The average molecular weight is 340 g/mol. The highest BCUT2D eigenvalue weighted by atomic mass is 16.2. The summed E-state index contributed by atoms with van der Waals surface area (Å²) in [5, 5.41) is 10.3. The van der Waals surface area contributed by atoms with Crippen LogP contribution in [0.2, 0.25) is 0 Å². The molecule has 0 spiro atoms. The molecule has 0 heterocycles. The Kier molecular flexibility index (Phi) is 6.53. The molecule has 0 aliphatic heterocycles. The molecule has 2 aromatic carbocycles. The predicted octanol–water partition coefficient (Wildman–Crippen LogP) is 1.74. The van der Waals surface area contributed by atoms with Crippen LogP contribution >= 0.6 is 0 Å². The first-order valence-corrected chi connectivity index (χ1v) is 7.76. The van der Waals surface area contributed by atoms with Gasteiger partial charge in [-0.25, -0.2) is 4.79 Å². The van der Waals surface area contributed by atoms with E-state index < -0.39 is 0 Å². The van der Waals surface area contributed by atoms with Gasteiger partial charge in [0.2, 0.25) is 11.8 Å². The third-order valence-electron chi connectivity index (χ3n) is 3.31. The molecule has 0 saturated carbocycles. The molecule has 2 rings (SSSR count). The summed E-state index contributed by atoms with van der Waals surface area (Å²) in [4.78, 5) is 34.9. The summed E-state index contributed by atoms with van der Waals surface area (Å²) in [5.41, 5.74) is 2.07. The normalized spacial score (nSPS) is 9.80. The van der Waals surface area contributed by atoms with Crippen molar-refractivity contribution in [3.8, 4) is 0 Å². The van der Waals surface area contributed by atoms with Crippen LogP contribution in [-0.4, -0.2) is 31.4 Å². The van der Waals surface area contributed by atoms with Gasteiger partial charge < -0.3 is 21.3 Å². The molecule has 0 unspecified atom stereocenters. The summed E-state index contributed by atoms with van der Waals surface area (Å²) < 4.78 is 0. The Balaban J connectivity index is 1.76. The first-order valence-electron chi connectivity index (χ1n) is 7.76. The second-order valence-electron chi connectivity index (χ2n) is 5.27. The van der Waals surface area contributed by atoms with Gasteiger partial charge in [0.25, 0.3) is 0 Å². The molecule has 0 atom stereocenters. The maximum Gasteiger partial charge on any atom is 0.318 e. The van der Waals surface area contributed by atoms with E-state index in [9.17, 15) is 14.4 Å². The third-order valence-corrected chi connectivity index (χ3v) is 3.31. The highest BCUT2D eigenvalue weighted by Crippen LogP contribution is 2.13. The van der Waals surface area contributed by atoms with E-state index in [4.69, 9.17) is 0 Å². The molecule has 7 heteroatoms. The van der Waals surface area contributed by atoms with E-state index >= 15 is 0 Å². The van der Waals surface area contributed by atoms with E-state index in [1.54, 1.807) is 24.3 Å². The second kappa shape index (κ2) is 9.07. The minimum Gasteiger partial charge on any atom is -0.347 e. The smallest absolute Gasteiger partial charge is 0.318 e. The zero-order valence-electron chi connectivity index (χ0n) is 13.8. The second-order valence-corrected chi connectivity index (χ2v) is 5.27. The molecule has 0 bridgehead atoms. The summed E-state index contributed by atoms with van der Waals surface area (Å²) in [6, 6.07) is 15.6. The van der Waals surface area contributed by atoms with Crippen molar-refractivity contribution >= 4 is 29.2 Å². The Morgan fingerprint density at radius 1 is 0.800 bits per heavy atom. The number of benzene rings is 2. The first kappa shape index (κ1) is 18.0. The first-order chi connectivity index (χ1) is 12.1. The fourth-order valence-corrected chi connectivity index (χ4v) is 2.06. The summed E-state index contributed by atoms with van der Waals surface area (Å²) in [6.45, 7) is -0.107. The van der Waals surface area contributed by atoms with Crippen molar-refractivity contribution in [3.63, 3.8) is 0 Å². The van der Waals surface area contributed by atoms with E-state index in [0.29, 0.717) is 11.4 Å². The van der Waals surface area contributed by atoms with Gasteiger partial charge in [0.15, 0.2) is 0 Å². The number of carbonyl (C=O) groups is 3. The standard InChI is InChI=1S/C18H20N4O3/c1-19-18(25)22-15-9-7-14(8-10-15)21-17(24)12-20-16(23)11-13-5-3-2-4-6-13/h2-10H,11-12H2,1H3,(H,20,23)(H,21,24)(H2,19,22,25). The van der Waals surface area contributed by atoms with Gasteiger partial charge in [-0.3, -0.25) is 9.59 Å². The zero-order valence-corrected chi connectivity index (χ0v) is 13.8. The van der Waals surface area contributed by atoms with Crippen molar-refractivity contribution in [2.75, 3.05) is 24.2 Å². The fraction of sp³-hybridized carbons (Fsp3) is 0.167. The minimum atomic E-state index is -0.326. The molecule has 0 radical (unpaired) electrons. The highest BCUT2D eigenvalue weighted by Gasteiger charge is 2.07. The van der Waals surface area contributed by atoms with Gasteiger partial charge >= 0.3 is 6.03 Å². The van der Waals surface area contributed by atoms with Gasteiger partial charge in [0.1, 0.15) is 0 Å². The lowest BCUT2D eigenvalue weighted by Gasteiger charge is -2.08. The van der Waals surface area contributed by atoms with Crippen LogP contribution in [0.15, 0.2) is 54.6 Å².